The van der Waals surface area contributed by atoms with Crippen molar-refractivity contribution in [1.82, 2.24) is 14.1 Å². The Bertz CT molecular complexity index is 1870. The lowest BCUT2D eigenvalue weighted by molar-refractivity contribution is -0.568. The van der Waals surface area contributed by atoms with Crippen molar-refractivity contribution in [1.29, 1.82) is 0 Å². The van der Waals surface area contributed by atoms with Crippen LogP contribution in [0.15, 0.2) is 122 Å². The van der Waals surface area contributed by atoms with Crippen molar-refractivity contribution in [2.24, 2.45) is 0 Å². The molecular formula is C30H21ClN4O. The molecule has 7 aromatic rings. The molecule has 0 unspecified atom stereocenters. The van der Waals surface area contributed by atoms with Crippen LogP contribution in [0.3, 0.4) is 0 Å². The number of para-hydroxylation sites is 5. The Morgan fingerprint density at radius 2 is 1.39 bits per heavy atom. The predicted octanol–water partition coefficient (Wildman–Crippen LogP) is 3.11. The summed E-state index contributed by atoms with van der Waals surface area (Å²) in [5, 5.41) is 12.9. The Morgan fingerprint density at radius 3 is 2.22 bits per heavy atom. The van der Waals surface area contributed by atoms with E-state index in [1.165, 1.54) is 10.8 Å². The smallest absolute Gasteiger partial charge is 0.255 e. The van der Waals surface area contributed by atoms with E-state index < -0.39 is 0 Å². The Balaban J connectivity index is 0.00000240. The Labute approximate surface area is 213 Å². The summed E-state index contributed by atoms with van der Waals surface area (Å²) in [7, 11) is 0. The standard InChI is InChI=1S/C30H20N4O.ClH/c35-29-14-6-5-13-27(29)33-20-32(25-11-3-4-12-26(25)33)21-16-17-23-22-9-1-2-10-24(22)34(28(23)19-21)30-15-7-8-18-31-30;/h1-20H;1H. The van der Waals surface area contributed by atoms with E-state index in [4.69, 9.17) is 0 Å². The summed E-state index contributed by atoms with van der Waals surface area (Å²) in [4.78, 5) is 4.65. The zero-order valence-corrected chi connectivity index (χ0v) is 19.9. The van der Waals surface area contributed by atoms with Gasteiger partial charge in [-0.15, -0.1) is 0 Å². The third-order valence-corrected chi connectivity index (χ3v) is 6.59. The SMILES string of the molecule is Oc1ccccc1-[n+]1cn(-c2ccc3c4ccccc4n(-c4ccccn4)c3c2)c2ccccc21.[Cl-]. The van der Waals surface area contributed by atoms with Crippen LogP contribution < -0.4 is 17.0 Å². The molecule has 0 aliphatic carbocycles. The quantitative estimate of drug-likeness (QED) is 0.388. The molecule has 36 heavy (non-hydrogen) atoms. The highest BCUT2D eigenvalue weighted by Gasteiger charge is 2.22. The van der Waals surface area contributed by atoms with Crippen LogP contribution in [-0.4, -0.2) is 19.2 Å². The fraction of sp³-hybridized carbons (Fsp3) is 0. The van der Waals surface area contributed by atoms with Gasteiger partial charge in [-0.3, -0.25) is 4.57 Å². The Kier molecular flexibility index (Phi) is 5.20. The van der Waals surface area contributed by atoms with Crippen molar-refractivity contribution in [2.75, 3.05) is 0 Å². The largest absolute Gasteiger partial charge is 1.00 e. The lowest BCUT2D eigenvalue weighted by atomic mass is 10.1. The van der Waals surface area contributed by atoms with Gasteiger partial charge >= 0.3 is 0 Å². The molecule has 1 N–H and O–H groups in total. The van der Waals surface area contributed by atoms with Crippen molar-refractivity contribution < 1.29 is 22.1 Å². The van der Waals surface area contributed by atoms with E-state index in [9.17, 15) is 5.11 Å². The lowest BCUT2D eigenvalue weighted by Crippen LogP contribution is -3.00. The van der Waals surface area contributed by atoms with Gasteiger partial charge < -0.3 is 17.5 Å². The Morgan fingerprint density at radius 1 is 0.667 bits per heavy atom. The molecule has 0 bridgehead atoms. The average molecular weight is 489 g/mol. The number of phenolic OH excluding ortho intramolecular Hbond substituents is 1. The van der Waals surface area contributed by atoms with Crippen LogP contribution in [0.5, 0.6) is 5.75 Å². The molecule has 0 radical (unpaired) electrons. The minimum absolute atomic E-state index is 0. The van der Waals surface area contributed by atoms with Gasteiger partial charge in [0.25, 0.3) is 6.33 Å². The van der Waals surface area contributed by atoms with Gasteiger partial charge in [0.15, 0.2) is 22.5 Å². The summed E-state index contributed by atoms with van der Waals surface area (Å²) in [6, 6.07) is 36.6. The number of nitrogens with zero attached hydrogens (tertiary/aromatic N) is 4. The van der Waals surface area contributed by atoms with Crippen LogP contribution in [0.2, 0.25) is 0 Å². The highest BCUT2D eigenvalue weighted by atomic mass is 35.5. The molecule has 0 amide bonds. The number of hydrogen-bond acceptors (Lipinski definition) is 2. The summed E-state index contributed by atoms with van der Waals surface area (Å²) >= 11 is 0. The van der Waals surface area contributed by atoms with E-state index in [1.807, 2.05) is 65.6 Å². The van der Waals surface area contributed by atoms with E-state index in [-0.39, 0.29) is 18.2 Å². The van der Waals surface area contributed by atoms with Crippen molar-refractivity contribution in [2.45, 2.75) is 0 Å². The summed E-state index contributed by atoms with van der Waals surface area (Å²) in [6.07, 6.45) is 3.86. The molecule has 0 fully saturated rings. The molecule has 3 heterocycles. The van der Waals surface area contributed by atoms with E-state index in [0.717, 1.165) is 39.3 Å². The van der Waals surface area contributed by atoms with Crippen LogP contribution >= 0.6 is 0 Å². The topological polar surface area (TPSA) is 46.9 Å². The van der Waals surface area contributed by atoms with Gasteiger partial charge in [-0.1, -0.05) is 48.5 Å². The van der Waals surface area contributed by atoms with E-state index in [2.05, 4.69) is 68.7 Å². The number of aromatic nitrogens is 4. The lowest BCUT2D eigenvalue weighted by Gasteiger charge is -2.06. The van der Waals surface area contributed by atoms with Gasteiger partial charge in [-0.25, -0.2) is 4.98 Å². The van der Waals surface area contributed by atoms with Crippen molar-refractivity contribution >= 4 is 32.8 Å². The maximum atomic E-state index is 10.5. The first-order valence-electron chi connectivity index (χ1n) is 11.5. The fourth-order valence-electron chi connectivity index (χ4n) is 5.02. The zero-order chi connectivity index (χ0) is 23.4. The number of hydrogen-bond donors (Lipinski definition) is 1. The minimum atomic E-state index is 0. The molecule has 7 rings (SSSR count). The molecule has 5 nitrogen and oxygen atoms in total. The van der Waals surface area contributed by atoms with Gasteiger partial charge in [0, 0.05) is 23.0 Å². The maximum Gasteiger partial charge on any atom is 0.255 e. The average Bonchev–Trinajstić information content (AvgIpc) is 3.45. The molecule has 6 heteroatoms. The number of phenols is 1. The van der Waals surface area contributed by atoms with Crippen LogP contribution in [-0.2, 0) is 0 Å². The molecule has 0 saturated heterocycles. The van der Waals surface area contributed by atoms with Gasteiger partial charge in [0.2, 0.25) is 0 Å². The number of aromatic hydroxyl groups is 1. The molecule has 0 saturated carbocycles. The van der Waals surface area contributed by atoms with Crippen molar-refractivity contribution in [3.8, 4) is 22.9 Å². The predicted molar refractivity (Wildman–Crippen MR) is 139 cm³/mol. The first-order chi connectivity index (χ1) is 17.3. The second kappa shape index (κ2) is 8.56. The molecule has 0 atom stereocenters. The summed E-state index contributed by atoms with van der Waals surface area (Å²) in [5.74, 6) is 1.13. The molecular weight excluding hydrogens is 468 g/mol. The van der Waals surface area contributed by atoms with Crippen LogP contribution in [0, 0.1) is 0 Å². The number of fused-ring (bicyclic) bond motifs is 4. The van der Waals surface area contributed by atoms with Gasteiger partial charge in [0.1, 0.15) is 11.5 Å². The molecule has 174 valence electrons. The van der Waals surface area contributed by atoms with Gasteiger partial charge in [-0.05, 0) is 54.6 Å². The minimum Gasteiger partial charge on any atom is -1.00 e. The number of imidazole rings is 1. The van der Waals surface area contributed by atoms with Crippen molar-refractivity contribution in [3.05, 3.63) is 122 Å². The first kappa shape index (κ1) is 21.9. The van der Waals surface area contributed by atoms with E-state index in [0.29, 0.717) is 0 Å². The van der Waals surface area contributed by atoms with E-state index >= 15 is 0 Å². The first-order valence-corrected chi connectivity index (χ1v) is 11.5. The molecule has 0 aliphatic heterocycles. The van der Waals surface area contributed by atoms with Crippen LogP contribution in [0.25, 0.3) is 50.0 Å². The second-order valence-electron chi connectivity index (χ2n) is 8.57. The highest BCUT2D eigenvalue weighted by Crippen LogP contribution is 2.33. The zero-order valence-electron chi connectivity index (χ0n) is 19.2. The second-order valence-corrected chi connectivity index (χ2v) is 8.57. The monoisotopic (exact) mass is 488 g/mol. The summed E-state index contributed by atoms with van der Waals surface area (Å²) < 4.78 is 6.42. The number of halogens is 1. The van der Waals surface area contributed by atoms with Gasteiger partial charge in [-0.2, -0.15) is 9.13 Å². The highest BCUT2D eigenvalue weighted by molar-refractivity contribution is 6.09. The summed E-state index contributed by atoms with van der Waals surface area (Å²) in [5.41, 5.74) is 6.05. The number of benzene rings is 4. The molecule has 0 spiro atoms. The number of pyridine rings is 1. The van der Waals surface area contributed by atoms with Crippen molar-refractivity contribution in [3.63, 3.8) is 0 Å². The molecule has 0 aliphatic rings. The van der Waals surface area contributed by atoms with Crippen LogP contribution in [0.4, 0.5) is 0 Å². The maximum absolute atomic E-state index is 10.5. The van der Waals surface area contributed by atoms with Crippen LogP contribution in [0.1, 0.15) is 0 Å². The normalized spacial score (nSPS) is 11.2. The third kappa shape index (κ3) is 3.25. The van der Waals surface area contributed by atoms with E-state index in [1.54, 1.807) is 6.07 Å². The summed E-state index contributed by atoms with van der Waals surface area (Å²) in [6.45, 7) is 0. The molecule has 4 aromatic carbocycles. The number of rotatable bonds is 3. The van der Waals surface area contributed by atoms with Gasteiger partial charge in [0.05, 0.1) is 11.0 Å². The molecule has 3 aromatic heterocycles. The fourth-order valence-corrected chi connectivity index (χ4v) is 5.02. The Hall–Kier alpha value is -4.61. The third-order valence-electron chi connectivity index (χ3n) is 6.59.